The molecule has 0 radical (unpaired) electrons. The van der Waals surface area contributed by atoms with Crippen LogP contribution in [0.25, 0.3) is 32.5 Å². The summed E-state index contributed by atoms with van der Waals surface area (Å²) >= 11 is 6.57. The Balaban J connectivity index is 1.16. The Labute approximate surface area is 459 Å². The summed E-state index contributed by atoms with van der Waals surface area (Å²) in [5, 5.41) is 0. The molecule has 4 aromatic heterocycles. The lowest BCUT2D eigenvalue weighted by Gasteiger charge is -2.24. The van der Waals surface area contributed by atoms with Crippen molar-refractivity contribution in [3.63, 3.8) is 0 Å². The lowest BCUT2D eigenvalue weighted by atomic mass is 10.1. The molecule has 4 amide bonds. The minimum atomic E-state index is -0.0609. The van der Waals surface area contributed by atoms with E-state index in [9.17, 15) is 0 Å². The molecule has 0 aromatic carbocycles. The molecule has 4 aliphatic rings. The topological polar surface area (TPSA) is 81.2 Å². The fourth-order valence-corrected chi connectivity index (χ4v) is 15.3. The van der Waals surface area contributed by atoms with Gasteiger partial charge in [-0.2, -0.15) is 0 Å². The Morgan fingerprint density at radius 2 is 0.500 bits per heavy atom. The molecule has 0 saturated carbocycles. The number of carbonyl (C=O) groups is 4. The zero-order valence-corrected chi connectivity index (χ0v) is 48.7. The summed E-state index contributed by atoms with van der Waals surface area (Å²) in [5.74, 6) is -0.244. The highest BCUT2D eigenvalue weighted by Crippen LogP contribution is 2.52. The predicted octanol–water partition coefficient (Wildman–Crippen LogP) is 17.3. The van der Waals surface area contributed by atoms with Crippen molar-refractivity contribution < 1.29 is 19.2 Å². The van der Waals surface area contributed by atoms with Crippen LogP contribution in [0.3, 0.4) is 0 Å². The molecule has 12 heteroatoms. The zero-order chi connectivity index (χ0) is 52.1. The minimum absolute atomic E-state index is 0.0609. The summed E-state index contributed by atoms with van der Waals surface area (Å²) in [7, 11) is 0. The monoisotopic (exact) mass is 1070 g/mol. The molecule has 8 rings (SSSR count). The Hall–Kier alpha value is -4.36. The Morgan fingerprint density at radius 3 is 0.743 bits per heavy atom. The molecule has 0 fully saturated rings. The molecule has 4 aromatic rings. The van der Waals surface area contributed by atoms with Gasteiger partial charge in [-0.1, -0.05) is 156 Å². The molecule has 0 bridgehead atoms. The van der Waals surface area contributed by atoms with Crippen LogP contribution in [0.1, 0.15) is 211 Å². The Morgan fingerprint density at radius 1 is 0.284 bits per heavy atom. The highest BCUT2D eigenvalue weighted by molar-refractivity contribution is 7.23. The van der Waals surface area contributed by atoms with E-state index < -0.39 is 0 Å². The number of thiophene rings is 4. The van der Waals surface area contributed by atoms with Crippen LogP contribution in [-0.2, 0) is 19.2 Å². The van der Waals surface area contributed by atoms with E-state index in [2.05, 4.69) is 90.1 Å². The number of hydrogen-bond donors (Lipinski definition) is 0. The Kier molecular flexibility index (Phi) is 20.5. The normalized spacial score (nSPS) is 15.9. The van der Waals surface area contributed by atoms with Gasteiger partial charge in [0.15, 0.2) is 0 Å². The molecule has 74 heavy (non-hydrogen) atoms. The van der Waals surface area contributed by atoms with Crippen LogP contribution < -0.4 is 0 Å². The molecule has 0 N–H and O–H groups in total. The van der Waals surface area contributed by atoms with E-state index in [1.54, 1.807) is 45.3 Å². The van der Waals surface area contributed by atoms with E-state index in [0.717, 1.165) is 139 Å². The second kappa shape index (κ2) is 27.1. The van der Waals surface area contributed by atoms with Crippen molar-refractivity contribution >= 4 is 91.8 Å². The molecular formula is C62H82N4O4S4. The van der Waals surface area contributed by atoms with E-state index in [1.807, 2.05) is 19.6 Å². The first-order valence-electron chi connectivity index (χ1n) is 28.7. The van der Waals surface area contributed by atoms with Crippen LogP contribution in [0.2, 0.25) is 0 Å². The van der Waals surface area contributed by atoms with Crippen molar-refractivity contribution in [2.75, 3.05) is 26.2 Å². The molecule has 8 heterocycles. The molecule has 0 aliphatic carbocycles. The SMILES string of the molecule is CCCCCCCCN1C(=O)C2=C(c3ccc(-c4ccc(C5=C6C(=O)N(CCCCCCCC)C(c7ccc(C)s7)=C6C(=O)N5CCCCCCCC)s4)s3)N(CCCCCCCC)C(=O)C2=C1c1ccc(C)s1. The van der Waals surface area contributed by atoms with Gasteiger partial charge in [0.2, 0.25) is 0 Å². The quantitative estimate of drug-likeness (QED) is 0.0445. The number of aryl methyl sites for hydroxylation is 2. The average Bonchev–Trinajstić information content (AvgIpc) is 4.29. The molecule has 0 saturated heterocycles. The van der Waals surface area contributed by atoms with Crippen LogP contribution in [0.5, 0.6) is 0 Å². The maximum atomic E-state index is 15.0. The first kappa shape index (κ1) is 55.9. The van der Waals surface area contributed by atoms with Crippen LogP contribution in [0, 0.1) is 13.8 Å². The lowest BCUT2D eigenvalue weighted by molar-refractivity contribution is -0.124. The molecule has 0 atom stereocenters. The van der Waals surface area contributed by atoms with E-state index in [0.29, 0.717) is 48.5 Å². The van der Waals surface area contributed by atoms with Gasteiger partial charge >= 0.3 is 0 Å². The fraction of sp³-hybridized carbons (Fsp3) is 0.548. The first-order valence-corrected chi connectivity index (χ1v) is 32.0. The van der Waals surface area contributed by atoms with Gasteiger partial charge in [-0.3, -0.25) is 19.2 Å². The number of rotatable bonds is 33. The van der Waals surface area contributed by atoms with Crippen molar-refractivity contribution in [2.24, 2.45) is 0 Å². The zero-order valence-electron chi connectivity index (χ0n) is 45.5. The third-order valence-corrected chi connectivity index (χ3v) is 19.6. The smallest absolute Gasteiger partial charge is 0.261 e. The van der Waals surface area contributed by atoms with Gasteiger partial charge in [0.25, 0.3) is 23.6 Å². The van der Waals surface area contributed by atoms with Crippen molar-refractivity contribution in [2.45, 2.75) is 196 Å². The van der Waals surface area contributed by atoms with Crippen molar-refractivity contribution in [1.82, 2.24) is 19.6 Å². The van der Waals surface area contributed by atoms with Crippen molar-refractivity contribution in [3.05, 3.63) is 100 Å². The summed E-state index contributed by atoms with van der Waals surface area (Å²) in [6, 6.07) is 16.8. The van der Waals surface area contributed by atoms with Crippen molar-refractivity contribution in [1.29, 1.82) is 0 Å². The predicted molar refractivity (Wildman–Crippen MR) is 314 cm³/mol. The molecule has 398 valence electrons. The summed E-state index contributed by atoms with van der Waals surface area (Å²) in [5.41, 5.74) is 5.30. The van der Waals surface area contributed by atoms with Gasteiger partial charge in [0, 0.05) is 45.7 Å². The lowest BCUT2D eigenvalue weighted by Crippen LogP contribution is -2.30. The summed E-state index contributed by atoms with van der Waals surface area (Å²) in [4.78, 5) is 76.1. The first-order chi connectivity index (χ1) is 36.1. The van der Waals surface area contributed by atoms with Crippen LogP contribution in [-0.4, -0.2) is 69.4 Å². The van der Waals surface area contributed by atoms with Gasteiger partial charge < -0.3 is 19.6 Å². The maximum absolute atomic E-state index is 15.0. The average molecular weight is 1080 g/mol. The second-order valence-electron chi connectivity index (χ2n) is 20.9. The molecule has 0 unspecified atom stereocenters. The molecular weight excluding hydrogens is 993 g/mol. The number of nitrogens with zero attached hydrogens (tertiary/aromatic N) is 4. The van der Waals surface area contributed by atoms with Gasteiger partial charge in [-0.25, -0.2) is 0 Å². The number of amides is 4. The van der Waals surface area contributed by atoms with Gasteiger partial charge in [0.1, 0.15) is 0 Å². The van der Waals surface area contributed by atoms with E-state index in [1.165, 1.54) is 77.0 Å². The number of unbranched alkanes of at least 4 members (excludes halogenated alkanes) is 20. The fourth-order valence-electron chi connectivity index (χ4n) is 11.2. The third kappa shape index (κ3) is 12.4. The standard InChI is InChI=1S/C62H82N4O4S4/c1-7-11-15-19-23-27-39-63-55(47-33-31-43(5)71-47)51-53(61(63)69)57(65(59(51)67)41-29-25-21-17-13-9-3)49-37-35-45(73-49)46-36-38-50(74-46)58-54-52(60(68)66(58)42-30-26-22-18-14-10-4)56(48-34-32-44(6)72-48)64(62(54)70)40-28-24-20-16-12-8-2/h31-38H,7-30,39-42H2,1-6H3. The van der Waals surface area contributed by atoms with Crippen LogP contribution in [0.4, 0.5) is 0 Å². The van der Waals surface area contributed by atoms with Gasteiger partial charge in [-0.15, -0.1) is 45.3 Å². The van der Waals surface area contributed by atoms with Crippen molar-refractivity contribution in [3.8, 4) is 9.75 Å². The van der Waals surface area contributed by atoms with E-state index >= 15 is 19.2 Å². The highest BCUT2D eigenvalue weighted by Gasteiger charge is 2.51. The van der Waals surface area contributed by atoms with E-state index in [4.69, 9.17) is 0 Å². The summed E-state index contributed by atoms with van der Waals surface area (Å²) in [6.45, 7) is 15.4. The largest absolute Gasteiger partial charge is 0.306 e. The molecule has 4 aliphatic heterocycles. The maximum Gasteiger partial charge on any atom is 0.261 e. The summed E-state index contributed by atoms with van der Waals surface area (Å²) in [6.07, 6.45) is 26.7. The number of fused-ring (bicyclic) bond motifs is 2. The van der Waals surface area contributed by atoms with Gasteiger partial charge in [-0.05, 0) is 88.1 Å². The number of carbonyl (C=O) groups excluding carboxylic acids is 4. The summed E-state index contributed by atoms with van der Waals surface area (Å²) < 4.78 is 0. The molecule has 8 nitrogen and oxygen atoms in total. The Bertz CT molecular complexity index is 2560. The molecule has 0 spiro atoms. The van der Waals surface area contributed by atoms with Crippen LogP contribution in [0.15, 0.2) is 70.8 Å². The third-order valence-electron chi connectivity index (χ3n) is 15.2. The number of hydrogen-bond acceptors (Lipinski definition) is 8. The minimum Gasteiger partial charge on any atom is -0.306 e. The van der Waals surface area contributed by atoms with Gasteiger partial charge in [0.05, 0.1) is 64.6 Å². The second-order valence-corrected chi connectivity index (χ2v) is 25.7. The highest BCUT2D eigenvalue weighted by atomic mass is 32.1. The van der Waals surface area contributed by atoms with E-state index in [-0.39, 0.29) is 23.6 Å². The van der Waals surface area contributed by atoms with Crippen LogP contribution >= 0.6 is 45.3 Å².